The van der Waals surface area contributed by atoms with Gasteiger partial charge >= 0.3 is 6.18 Å². The van der Waals surface area contributed by atoms with Gasteiger partial charge in [-0.05, 0) is 56.5 Å². The first-order valence-corrected chi connectivity index (χ1v) is 12.3. The van der Waals surface area contributed by atoms with E-state index in [-0.39, 0.29) is 11.8 Å². The molecule has 1 unspecified atom stereocenters. The minimum absolute atomic E-state index is 0.0541. The highest BCUT2D eigenvalue weighted by atomic mass is 32.2. The van der Waals surface area contributed by atoms with E-state index < -0.39 is 27.1 Å². The summed E-state index contributed by atoms with van der Waals surface area (Å²) in [5.74, 6) is 0.0541. The Morgan fingerprint density at radius 2 is 1.94 bits per heavy atom. The lowest BCUT2D eigenvalue weighted by Crippen LogP contribution is -2.42. The average Bonchev–Trinajstić information content (AvgIpc) is 3.39. The molecule has 1 aliphatic rings. The van der Waals surface area contributed by atoms with Gasteiger partial charge in [-0.2, -0.15) is 23.2 Å². The molecule has 1 atom stereocenters. The van der Waals surface area contributed by atoms with Crippen LogP contribution in [0.25, 0.3) is 22.3 Å². The molecule has 180 valence electrons. The Hall–Kier alpha value is -3.10. The molecule has 0 spiro atoms. The summed E-state index contributed by atoms with van der Waals surface area (Å²) in [4.78, 5) is 3.82. The Labute approximate surface area is 194 Å². The molecule has 4 rings (SSSR count). The van der Waals surface area contributed by atoms with Crippen molar-refractivity contribution in [3.05, 3.63) is 41.6 Å². The molecule has 0 amide bonds. The van der Waals surface area contributed by atoms with Gasteiger partial charge in [0.15, 0.2) is 0 Å². The summed E-state index contributed by atoms with van der Waals surface area (Å²) in [6.07, 6.45) is 0.0999. The second-order valence-corrected chi connectivity index (χ2v) is 10.3. The van der Waals surface area contributed by atoms with Gasteiger partial charge in [0.2, 0.25) is 10.0 Å². The molecule has 0 saturated heterocycles. The number of rotatable bonds is 5. The van der Waals surface area contributed by atoms with Gasteiger partial charge in [-0.15, -0.1) is 0 Å². The number of benzene rings is 1. The van der Waals surface area contributed by atoms with Crippen LogP contribution in [0.1, 0.15) is 49.8 Å². The fraction of sp³-hybridized carbons (Fsp3) is 0.391. The number of phenolic OH excluding ortho intramolecular Hbond substituents is 1. The van der Waals surface area contributed by atoms with Crippen molar-refractivity contribution in [2.24, 2.45) is 0 Å². The molecule has 1 saturated carbocycles. The van der Waals surface area contributed by atoms with Crippen LogP contribution >= 0.6 is 0 Å². The van der Waals surface area contributed by atoms with Gasteiger partial charge in [0.1, 0.15) is 22.8 Å². The number of nitriles is 1. The summed E-state index contributed by atoms with van der Waals surface area (Å²) in [6.45, 7) is 2.48. The summed E-state index contributed by atoms with van der Waals surface area (Å²) >= 11 is 0. The Kier molecular flexibility index (Phi) is 6.08. The number of hydrogen-bond donors (Lipinski definition) is 2. The van der Waals surface area contributed by atoms with Gasteiger partial charge in [0, 0.05) is 17.6 Å². The molecule has 11 heteroatoms. The van der Waals surface area contributed by atoms with Gasteiger partial charge in [-0.3, -0.25) is 4.98 Å². The van der Waals surface area contributed by atoms with Crippen molar-refractivity contribution < 1.29 is 26.7 Å². The Morgan fingerprint density at radius 3 is 2.50 bits per heavy atom. The third kappa shape index (κ3) is 4.23. The number of nitrogens with one attached hydrogen (secondary N) is 1. The van der Waals surface area contributed by atoms with E-state index in [1.54, 1.807) is 17.7 Å². The number of halogens is 3. The third-order valence-electron chi connectivity index (χ3n) is 6.23. The van der Waals surface area contributed by atoms with Crippen molar-refractivity contribution in [3.8, 4) is 23.2 Å². The van der Waals surface area contributed by atoms with Gasteiger partial charge in [0.25, 0.3) is 0 Å². The van der Waals surface area contributed by atoms with Gasteiger partial charge in [-0.25, -0.2) is 8.42 Å². The summed E-state index contributed by atoms with van der Waals surface area (Å²) in [5, 5.41) is 20.8. The quantitative estimate of drug-likeness (QED) is 0.525. The highest BCUT2D eigenvalue weighted by Gasteiger charge is 2.39. The number of fused-ring (bicyclic) bond motifs is 1. The van der Waals surface area contributed by atoms with Crippen LogP contribution < -0.4 is 4.72 Å². The number of aryl methyl sites for hydroxylation is 1. The van der Waals surface area contributed by atoms with Crippen molar-refractivity contribution in [3.63, 3.8) is 0 Å². The molecule has 1 aliphatic carbocycles. The molecule has 3 aromatic rings. The van der Waals surface area contributed by atoms with Crippen molar-refractivity contribution in [2.45, 2.75) is 62.7 Å². The maximum absolute atomic E-state index is 12.8. The lowest BCUT2D eigenvalue weighted by molar-refractivity contribution is -0.147. The van der Waals surface area contributed by atoms with Crippen LogP contribution in [-0.4, -0.2) is 35.3 Å². The molecule has 1 aromatic carbocycles. The lowest BCUT2D eigenvalue weighted by atomic mass is 10.1. The zero-order valence-electron chi connectivity index (χ0n) is 18.5. The molecule has 0 aliphatic heterocycles. The van der Waals surface area contributed by atoms with Crippen molar-refractivity contribution in [1.82, 2.24) is 14.3 Å². The van der Waals surface area contributed by atoms with Gasteiger partial charge in [-0.1, -0.05) is 12.8 Å². The molecule has 0 bridgehead atoms. The monoisotopic (exact) mass is 492 g/mol. The van der Waals surface area contributed by atoms with Gasteiger partial charge < -0.3 is 9.67 Å². The Morgan fingerprint density at radius 1 is 1.26 bits per heavy atom. The zero-order valence-corrected chi connectivity index (χ0v) is 19.3. The number of aromatic hydroxyl groups is 1. The minimum atomic E-state index is -4.73. The van der Waals surface area contributed by atoms with E-state index in [2.05, 4.69) is 11.1 Å². The first-order valence-electron chi connectivity index (χ1n) is 10.8. The van der Waals surface area contributed by atoms with E-state index >= 15 is 0 Å². The number of aromatic nitrogens is 2. The van der Waals surface area contributed by atoms with Crippen LogP contribution in [0.3, 0.4) is 0 Å². The molecular weight excluding hydrogens is 469 g/mol. The maximum Gasteiger partial charge on any atom is 0.404 e. The Balaban J connectivity index is 1.84. The SMILES string of the molecule is Cc1cc2c(cc1O)c(C#N)c(-c1ccc(S(=O)(=O)NC(C)C(F)(F)F)cn1)n2C1CCCC1. The summed E-state index contributed by atoms with van der Waals surface area (Å²) < 4.78 is 66.9. The predicted octanol–water partition coefficient (Wildman–Crippen LogP) is 4.93. The van der Waals surface area contributed by atoms with Crippen LogP contribution in [0.15, 0.2) is 35.4 Å². The van der Waals surface area contributed by atoms with Gasteiger partial charge in [0.05, 0.1) is 22.5 Å². The third-order valence-corrected chi connectivity index (χ3v) is 7.76. The van der Waals surface area contributed by atoms with Crippen LogP contribution in [0, 0.1) is 18.3 Å². The largest absolute Gasteiger partial charge is 0.508 e. The maximum atomic E-state index is 12.8. The lowest BCUT2D eigenvalue weighted by Gasteiger charge is -2.19. The number of hydrogen-bond acceptors (Lipinski definition) is 5. The number of pyridine rings is 1. The zero-order chi connectivity index (χ0) is 24.8. The first kappa shape index (κ1) is 24.0. The van der Waals surface area contributed by atoms with Crippen LogP contribution in [0.5, 0.6) is 5.75 Å². The predicted molar refractivity (Wildman–Crippen MR) is 120 cm³/mol. The number of nitrogens with zero attached hydrogens (tertiary/aromatic N) is 3. The summed E-state index contributed by atoms with van der Waals surface area (Å²) in [5.41, 5.74) is 2.53. The highest BCUT2D eigenvalue weighted by molar-refractivity contribution is 7.89. The van der Waals surface area contributed by atoms with Crippen LogP contribution in [0.2, 0.25) is 0 Å². The van der Waals surface area contributed by atoms with Crippen molar-refractivity contribution in [1.29, 1.82) is 5.26 Å². The molecule has 7 nitrogen and oxygen atoms in total. The molecule has 2 aromatic heterocycles. The molecule has 0 radical (unpaired) electrons. The van der Waals surface area contributed by atoms with E-state index in [1.165, 1.54) is 12.1 Å². The van der Waals surface area contributed by atoms with E-state index in [0.717, 1.165) is 44.3 Å². The highest BCUT2D eigenvalue weighted by Crippen LogP contribution is 2.42. The second kappa shape index (κ2) is 8.60. The summed E-state index contributed by atoms with van der Waals surface area (Å²) in [6, 6.07) is 5.95. The van der Waals surface area contributed by atoms with E-state index in [9.17, 15) is 32.0 Å². The summed E-state index contributed by atoms with van der Waals surface area (Å²) in [7, 11) is -4.46. The van der Waals surface area contributed by atoms with E-state index in [0.29, 0.717) is 27.9 Å². The molecular formula is C23H23F3N4O3S. The molecule has 1 fully saturated rings. The van der Waals surface area contributed by atoms with Crippen LogP contribution in [0.4, 0.5) is 13.2 Å². The number of phenols is 1. The van der Waals surface area contributed by atoms with E-state index in [1.807, 2.05) is 10.6 Å². The minimum Gasteiger partial charge on any atom is -0.508 e. The normalized spacial score (nSPS) is 16.1. The topological polar surface area (TPSA) is 108 Å². The van der Waals surface area contributed by atoms with Crippen LogP contribution in [-0.2, 0) is 10.0 Å². The number of alkyl halides is 3. The Bertz CT molecular complexity index is 1380. The molecule has 34 heavy (non-hydrogen) atoms. The fourth-order valence-electron chi connectivity index (χ4n) is 4.40. The van der Waals surface area contributed by atoms with Crippen molar-refractivity contribution in [2.75, 3.05) is 0 Å². The molecule has 2 heterocycles. The average molecular weight is 493 g/mol. The smallest absolute Gasteiger partial charge is 0.404 e. The molecule has 2 N–H and O–H groups in total. The number of sulfonamides is 1. The van der Waals surface area contributed by atoms with E-state index in [4.69, 9.17) is 0 Å². The standard InChI is InChI=1S/C23H23F3N4O3S/c1-13-9-20-17(10-21(13)31)18(11-27)22(30(20)15-5-3-4-6-15)19-8-7-16(12-28-19)34(32,33)29-14(2)23(24,25)26/h7-10,12,14-15,29,31H,3-6H2,1-2H3. The fourth-order valence-corrected chi connectivity index (χ4v) is 5.58. The van der Waals surface area contributed by atoms with Crippen molar-refractivity contribution >= 4 is 20.9 Å². The first-order chi connectivity index (χ1) is 15.9. The second-order valence-electron chi connectivity index (χ2n) is 8.56.